The van der Waals surface area contributed by atoms with Gasteiger partial charge in [-0.2, -0.15) is 5.10 Å². The van der Waals surface area contributed by atoms with Crippen LogP contribution in [0.5, 0.6) is 0 Å². The molecule has 0 spiro atoms. The van der Waals surface area contributed by atoms with E-state index in [-0.39, 0.29) is 17.4 Å². The van der Waals surface area contributed by atoms with E-state index in [1.807, 2.05) is 25.1 Å². The zero-order valence-electron chi connectivity index (χ0n) is 13.1. The van der Waals surface area contributed by atoms with E-state index in [1.54, 1.807) is 17.7 Å². The van der Waals surface area contributed by atoms with Gasteiger partial charge in [0.05, 0.1) is 17.6 Å². The molecule has 1 aliphatic rings. The molecule has 1 amide bonds. The highest BCUT2D eigenvalue weighted by molar-refractivity contribution is 5.93. The fraction of sp³-hybridized carbons (Fsp3) is 0.353. The van der Waals surface area contributed by atoms with E-state index in [9.17, 15) is 9.59 Å². The van der Waals surface area contributed by atoms with Crippen LogP contribution in [-0.4, -0.2) is 26.8 Å². The van der Waals surface area contributed by atoms with Gasteiger partial charge in [-0.05, 0) is 43.9 Å². The first-order valence-corrected chi connectivity index (χ1v) is 7.66. The summed E-state index contributed by atoms with van der Waals surface area (Å²) in [5, 5.41) is 16.2. The highest BCUT2D eigenvalue weighted by atomic mass is 16.4. The number of carbonyl (C=O) groups is 2. The second kappa shape index (κ2) is 5.87. The maximum atomic E-state index is 12.2. The summed E-state index contributed by atoms with van der Waals surface area (Å²) in [6.07, 6.45) is 3.58. The molecule has 1 saturated carbocycles. The second-order valence-electron chi connectivity index (χ2n) is 6.03. The minimum atomic E-state index is -1.00. The third kappa shape index (κ3) is 3.11. The SMILES string of the molecule is Cc1c(C(=O)O)cnn1-c1cccc(NC(=O)C(C)C2CC2)c1. The lowest BCUT2D eigenvalue weighted by molar-refractivity contribution is -0.119. The number of hydrogen-bond acceptors (Lipinski definition) is 3. The summed E-state index contributed by atoms with van der Waals surface area (Å²) in [7, 11) is 0. The summed E-state index contributed by atoms with van der Waals surface area (Å²) in [5.41, 5.74) is 2.12. The molecule has 3 rings (SSSR count). The van der Waals surface area contributed by atoms with E-state index in [0.29, 0.717) is 23.0 Å². The molecule has 0 bridgehead atoms. The van der Waals surface area contributed by atoms with Crippen molar-refractivity contribution in [2.75, 3.05) is 5.32 Å². The number of nitrogens with zero attached hydrogens (tertiary/aromatic N) is 2. The molecule has 6 heteroatoms. The number of aromatic carboxylic acids is 1. The van der Waals surface area contributed by atoms with Crippen LogP contribution in [-0.2, 0) is 4.79 Å². The third-order valence-electron chi connectivity index (χ3n) is 4.34. The van der Waals surface area contributed by atoms with E-state index in [2.05, 4.69) is 10.4 Å². The first-order chi connectivity index (χ1) is 11.0. The highest BCUT2D eigenvalue weighted by Gasteiger charge is 2.32. The lowest BCUT2D eigenvalue weighted by atomic mass is 10.1. The Labute approximate surface area is 134 Å². The fourth-order valence-electron chi connectivity index (χ4n) is 2.66. The molecule has 6 nitrogen and oxygen atoms in total. The van der Waals surface area contributed by atoms with Crippen molar-refractivity contribution in [2.24, 2.45) is 11.8 Å². The normalized spacial score (nSPS) is 15.2. The molecule has 1 aromatic heterocycles. The molecule has 2 N–H and O–H groups in total. The lowest BCUT2D eigenvalue weighted by Gasteiger charge is -2.12. The highest BCUT2D eigenvalue weighted by Crippen LogP contribution is 2.37. The quantitative estimate of drug-likeness (QED) is 0.889. The average Bonchev–Trinajstić information content (AvgIpc) is 3.29. The molecule has 120 valence electrons. The van der Waals surface area contributed by atoms with Crippen molar-refractivity contribution in [3.8, 4) is 5.69 Å². The minimum absolute atomic E-state index is 0.0173. The van der Waals surface area contributed by atoms with E-state index >= 15 is 0 Å². The number of anilines is 1. The maximum Gasteiger partial charge on any atom is 0.339 e. The first kappa shape index (κ1) is 15.3. The van der Waals surface area contributed by atoms with E-state index < -0.39 is 5.97 Å². The van der Waals surface area contributed by atoms with Crippen LogP contribution in [0.25, 0.3) is 5.69 Å². The van der Waals surface area contributed by atoms with Gasteiger partial charge in [0, 0.05) is 11.6 Å². The van der Waals surface area contributed by atoms with Gasteiger partial charge in [0.1, 0.15) is 5.56 Å². The van der Waals surface area contributed by atoms with Crippen LogP contribution < -0.4 is 5.32 Å². The Morgan fingerprint density at radius 1 is 1.39 bits per heavy atom. The lowest BCUT2D eigenvalue weighted by Crippen LogP contribution is -2.21. The van der Waals surface area contributed by atoms with Crippen molar-refractivity contribution in [3.63, 3.8) is 0 Å². The number of benzene rings is 1. The van der Waals surface area contributed by atoms with E-state index in [4.69, 9.17) is 5.11 Å². The molecule has 1 aliphatic carbocycles. The molecule has 0 radical (unpaired) electrons. The number of carboxylic acid groups (broad SMARTS) is 1. The van der Waals surface area contributed by atoms with Gasteiger partial charge >= 0.3 is 5.97 Å². The standard InChI is InChI=1S/C17H19N3O3/c1-10(12-6-7-12)16(21)19-13-4-3-5-14(8-13)20-11(2)15(9-18-20)17(22)23/h3-5,8-10,12H,6-7H2,1-2H3,(H,19,21)(H,22,23). The van der Waals surface area contributed by atoms with Crippen LogP contribution in [0.2, 0.25) is 0 Å². The number of carboxylic acids is 1. The summed E-state index contributed by atoms with van der Waals surface area (Å²) >= 11 is 0. The zero-order chi connectivity index (χ0) is 16.6. The Morgan fingerprint density at radius 3 is 2.74 bits per heavy atom. The molecule has 23 heavy (non-hydrogen) atoms. The number of aromatic nitrogens is 2. The van der Waals surface area contributed by atoms with Crippen LogP contribution in [0.1, 0.15) is 35.8 Å². The van der Waals surface area contributed by atoms with Crippen molar-refractivity contribution in [1.29, 1.82) is 0 Å². The Kier molecular flexibility index (Phi) is 3.90. The zero-order valence-corrected chi connectivity index (χ0v) is 13.1. The largest absolute Gasteiger partial charge is 0.478 e. The van der Waals surface area contributed by atoms with E-state index in [0.717, 1.165) is 12.8 Å². The number of nitrogens with one attached hydrogen (secondary N) is 1. The first-order valence-electron chi connectivity index (χ1n) is 7.66. The monoisotopic (exact) mass is 313 g/mol. The van der Waals surface area contributed by atoms with Crippen molar-refractivity contribution in [2.45, 2.75) is 26.7 Å². The summed E-state index contributed by atoms with van der Waals surface area (Å²) in [6.45, 7) is 3.66. The predicted molar refractivity (Wildman–Crippen MR) is 85.8 cm³/mol. The van der Waals surface area contributed by atoms with Gasteiger partial charge in [-0.3, -0.25) is 4.79 Å². The summed E-state index contributed by atoms with van der Waals surface area (Å²) < 4.78 is 1.56. The Balaban J connectivity index is 1.82. The Bertz CT molecular complexity index is 762. The summed E-state index contributed by atoms with van der Waals surface area (Å²) in [5.74, 6) is -0.460. The second-order valence-corrected chi connectivity index (χ2v) is 6.03. The third-order valence-corrected chi connectivity index (χ3v) is 4.34. The molecular weight excluding hydrogens is 294 g/mol. The van der Waals surface area contributed by atoms with Crippen molar-refractivity contribution in [3.05, 3.63) is 41.7 Å². The summed E-state index contributed by atoms with van der Waals surface area (Å²) in [6, 6.07) is 7.25. The number of hydrogen-bond donors (Lipinski definition) is 2. The predicted octanol–water partition coefficient (Wildman–Crippen LogP) is 2.86. The van der Waals surface area contributed by atoms with Crippen molar-refractivity contribution in [1.82, 2.24) is 9.78 Å². The van der Waals surface area contributed by atoms with Crippen LogP contribution in [0, 0.1) is 18.8 Å². The van der Waals surface area contributed by atoms with Crippen molar-refractivity contribution >= 4 is 17.6 Å². The van der Waals surface area contributed by atoms with Crippen molar-refractivity contribution < 1.29 is 14.7 Å². The molecule has 0 aliphatic heterocycles. The molecule has 1 fully saturated rings. The molecule has 1 heterocycles. The molecule has 2 aromatic rings. The smallest absolute Gasteiger partial charge is 0.339 e. The molecule has 0 saturated heterocycles. The van der Waals surface area contributed by atoms with Gasteiger partial charge in [-0.25, -0.2) is 9.48 Å². The molecule has 1 unspecified atom stereocenters. The van der Waals surface area contributed by atoms with Crippen LogP contribution in [0.4, 0.5) is 5.69 Å². The Morgan fingerprint density at radius 2 is 2.13 bits per heavy atom. The molecular formula is C17H19N3O3. The van der Waals surface area contributed by atoms with Gasteiger partial charge in [0.15, 0.2) is 0 Å². The van der Waals surface area contributed by atoms with Gasteiger partial charge in [0.25, 0.3) is 0 Å². The van der Waals surface area contributed by atoms with Crippen LogP contribution in [0.3, 0.4) is 0 Å². The van der Waals surface area contributed by atoms with Gasteiger partial charge in [-0.15, -0.1) is 0 Å². The van der Waals surface area contributed by atoms with Crippen LogP contribution >= 0.6 is 0 Å². The number of amides is 1. The number of carbonyl (C=O) groups excluding carboxylic acids is 1. The minimum Gasteiger partial charge on any atom is -0.478 e. The van der Waals surface area contributed by atoms with Crippen LogP contribution in [0.15, 0.2) is 30.5 Å². The maximum absolute atomic E-state index is 12.2. The van der Waals surface area contributed by atoms with E-state index in [1.165, 1.54) is 6.20 Å². The van der Waals surface area contributed by atoms with Gasteiger partial charge < -0.3 is 10.4 Å². The van der Waals surface area contributed by atoms with Gasteiger partial charge in [-0.1, -0.05) is 13.0 Å². The topological polar surface area (TPSA) is 84.2 Å². The van der Waals surface area contributed by atoms with Gasteiger partial charge in [0.2, 0.25) is 5.91 Å². The average molecular weight is 313 g/mol. The number of rotatable bonds is 5. The Hall–Kier alpha value is -2.63. The fourth-order valence-corrected chi connectivity index (χ4v) is 2.66. The molecule has 1 aromatic carbocycles. The summed E-state index contributed by atoms with van der Waals surface area (Å²) in [4.78, 5) is 23.3. The molecule has 1 atom stereocenters.